The van der Waals surface area contributed by atoms with E-state index in [1.54, 1.807) is 32.9 Å². The summed E-state index contributed by atoms with van der Waals surface area (Å²) >= 11 is 0. The molecule has 0 heterocycles. The molecule has 128 valence electrons. The molecule has 0 fully saturated rings. The first-order valence-corrected chi connectivity index (χ1v) is 7.01. The Bertz CT molecular complexity index is 489. The average Bonchev–Trinajstić information content (AvgIpc) is 2.45. The molecule has 2 amide bonds. The predicted molar refractivity (Wildman–Crippen MR) is 86.7 cm³/mol. The van der Waals surface area contributed by atoms with Gasteiger partial charge in [-0.05, 0) is 26.3 Å². The first kappa shape index (κ1) is 20.4. The van der Waals surface area contributed by atoms with Gasteiger partial charge in [-0.1, -0.05) is 31.4 Å². The second-order valence-electron chi connectivity index (χ2n) is 5.47. The molecule has 0 aromatic rings. The molecule has 0 unspecified atom stereocenters. The van der Waals surface area contributed by atoms with E-state index in [1.807, 2.05) is 0 Å². The maximum Gasteiger partial charge on any atom is 0.408 e. The smallest absolute Gasteiger partial charge is 0.408 e. The van der Waals surface area contributed by atoms with Crippen LogP contribution in [0.25, 0.3) is 0 Å². The van der Waals surface area contributed by atoms with Crippen molar-refractivity contribution in [2.24, 2.45) is 0 Å². The summed E-state index contributed by atoms with van der Waals surface area (Å²) < 4.78 is 9.91. The van der Waals surface area contributed by atoms with Crippen LogP contribution in [-0.2, 0) is 19.1 Å². The van der Waals surface area contributed by atoms with Gasteiger partial charge in [-0.15, -0.1) is 0 Å². The Hall–Kier alpha value is -2.57. The molecule has 0 aliphatic carbocycles. The quantitative estimate of drug-likeness (QED) is 0.521. The van der Waals surface area contributed by atoms with Crippen molar-refractivity contribution in [3.8, 4) is 0 Å². The molecule has 0 saturated heterocycles. The number of carbonyl (C=O) groups is 3. The second-order valence-corrected chi connectivity index (χ2v) is 5.47. The molecule has 0 spiro atoms. The minimum Gasteiger partial charge on any atom is -0.460 e. The van der Waals surface area contributed by atoms with Crippen LogP contribution in [0.5, 0.6) is 0 Å². The van der Waals surface area contributed by atoms with E-state index in [9.17, 15) is 14.4 Å². The van der Waals surface area contributed by atoms with Crippen LogP contribution in [0.3, 0.4) is 0 Å². The van der Waals surface area contributed by atoms with Crippen molar-refractivity contribution in [1.82, 2.24) is 10.6 Å². The summed E-state index contributed by atoms with van der Waals surface area (Å²) in [5, 5.41) is 4.61. The largest absolute Gasteiger partial charge is 0.460 e. The van der Waals surface area contributed by atoms with Crippen molar-refractivity contribution in [2.75, 3.05) is 19.7 Å². The fourth-order valence-corrected chi connectivity index (χ4v) is 1.24. The fraction of sp³-hybridized carbons (Fsp3) is 0.438. The molecule has 0 aliphatic rings. The number of nitrogens with one attached hydrogen (secondary N) is 2. The summed E-state index contributed by atoms with van der Waals surface area (Å²) in [7, 11) is 0. The molecule has 0 aromatic heterocycles. The van der Waals surface area contributed by atoms with Gasteiger partial charge in [-0.3, -0.25) is 9.59 Å². The summed E-state index contributed by atoms with van der Waals surface area (Å²) in [6, 6.07) is 0. The number of alkyl carbamates (subject to hydrolysis) is 1. The van der Waals surface area contributed by atoms with Gasteiger partial charge in [0.15, 0.2) is 0 Å². The summed E-state index contributed by atoms with van der Waals surface area (Å²) in [6.07, 6.45) is 4.04. The molecule has 0 saturated carbocycles. The van der Waals surface area contributed by atoms with Crippen molar-refractivity contribution < 1.29 is 23.9 Å². The number of rotatable bonds is 8. The summed E-state index contributed by atoms with van der Waals surface area (Å²) in [4.78, 5) is 34.3. The summed E-state index contributed by atoms with van der Waals surface area (Å²) in [6.45, 7) is 11.7. The Morgan fingerprint density at radius 3 is 2.26 bits per heavy atom. The zero-order valence-electron chi connectivity index (χ0n) is 13.8. The van der Waals surface area contributed by atoms with Crippen LogP contribution in [0.15, 0.2) is 37.0 Å². The van der Waals surface area contributed by atoms with Gasteiger partial charge in [0.25, 0.3) is 0 Å². The SMILES string of the molecule is C=C/C=C(\C=C)COC(=O)CNC(=O)CNC(=O)OC(C)(C)C. The highest BCUT2D eigenvalue weighted by atomic mass is 16.6. The highest BCUT2D eigenvalue weighted by Crippen LogP contribution is 2.06. The number of allylic oxidation sites excluding steroid dienone is 2. The van der Waals surface area contributed by atoms with E-state index in [2.05, 4.69) is 23.8 Å². The number of amides is 2. The Morgan fingerprint density at radius 1 is 1.09 bits per heavy atom. The van der Waals surface area contributed by atoms with Crippen LogP contribution in [-0.4, -0.2) is 43.3 Å². The van der Waals surface area contributed by atoms with Crippen LogP contribution >= 0.6 is 0 Å². The third-order valence-electron chi connectivity index (χ3n) is 2.22. The van der Waals surface area contributed by atoms with Crippen LogP contribution in [0.1, 0.15) is 20.8 Å². The van der Waals surface area contributed by atoms with Gasteiger partial charge < -0.3 is 20.1 Å². The third-order valence-corrected chi connectivity index (χ3v) is 2.22. The highest BCUT2D eigenvalue weighted by molar-refractivity contribution is 5.85. The maximum absolute atomic E-state index is 11.5. The normalized spacial score (nSPS) is 11.2. The molecule has 7 nitrogen and oxygen atoms in total. The molecule has 0 bridgehead atoms. The molecule has 0 radical (unpaired) electrons. The Labute approximate surface area is 136 Å². The van der Waals surface area contributed by atoms with Gasteiger partial charge in [-0.2, -0.15) is 0 Å². The number of esters is 1. The van der Waals surface area contributed by atoms with Gasteiger partial charge in [0.2, 0.25) is 5.91 Å². The van der Waals surface area contributed by atoms with E-state index in [1.165, 1.54) is 6.08 Å². The fourth-order valence-electron chi connectivity index (χ4n) is 1.24. The number of carbonyl (C=O) groups excluding carboxylic acids is 3. The van der Waals surface area contributed by atoms with Crippen LogP contribution in [0.4, 0.5) is 4.79 Å². The Morgan fingerprint density at radius 2 is 1.74 bits per heavy atom. The molecular weight excluding hydrogens is 300 g/mol. The Kier molecular flexibility index (Phi) is 9.07. The molecule has 23 heavy (non-hydrogen) atoms. The van der Waals surface area contributed by atoms with Crippen LogP contribution in [0, 0.1) is 0 Å². The van der Waals surface area contributed by atoms with E-state index in [-0.39, 0.29) is 19.7 Å². The summed E-state index contributed by atoms with van der Waals surface area (Å²) in [5.74, 6) is -1.13. The van der Waals surface area contributed by atoms with Crippen LogP contribution < -0.4 is 10.6 Å². The van der Waals surface area contributed by atoms with Gasteiger partial charge in [0.1, 0.15) is 25.3 Å². The predicted octanol–water partition coefficient (Wildman–Crippen LogP) is 1.47. The average molecular weight is 324 g/mol. The molecule has 2 N–H and O–H groups in total. The van der Waals surface area contributed by atoms with E-state index >= 15 is 0 Å². The summed E-state index contributed by atoms with van der Waals surface area (Å²) in [5.41, 5.74) is 0.0397. The highest BCUT2D eigenvalue weighted by Gasteiger charge is 2.16. The van der Waals surface area contributed by atoms with Crippen molar-refractivity contribution in [3.05, 3.63) is 37.0 Å². The van der Waals surface area contributed by atoms with E-state index in [0.717, 1.165) is 0 Å². The number of hydrogen-bond acceptors (Lipinski definition) is 5. The Balaban J connectivity index is 3.99. The van der Waals surface area contributed by atoms with Gasteiger partial charge in [-0.25, -0.2) is 4.79 Å². The standard InChI is InChI=1S/C16H24N2O5/c1-6-8-12(7-2)11-22-14(20)10-17-13(19)9-18-15(21)23-16(3,4)5/h6-8H,1-2,9-11H2,3-5H3,(H,17,19)(H,18,21)/b12-8+. The lowest BCUT2D eigenvalue weighted by Gasteiger charge is -2.19. The molecule has 0 atom stereocenters. The first-order chi connectivity index (χ1) is 10.7. The molecular formula is C16H24N2O5. The molecule has 0 aliphatic heterocycles. The number of hydrogen-bond donors (Lipinski definition) is 2. The minimum absolute atomic E-state index is 0.0420. The molecule has 7 heteroatoms. The van der Waals surface area contributed by atoms with Gasteiger partial charge >= 0.3 is 12.1 Å². The minimum atomic E-state index is -0.708. The van der Waals surface area contributed by atoms with Crippen molar-refractivity contribution >= 4 is 18.0 Å². The van der Waals surface area contributed by atoms with E-state index < -0.39 is 23.6 Å². The van der Waals surface area contributed by atoms with Crippen molar-refractivity contribution in [2.45, 2.75) is 26.4 Å². The monoisotopic (exact) mass is 324 g/mol. The molecule has 0 rings (SSSR count). The zero-order chi connectivity index (χ0) is 17.9. The third kappa shape index (κ3) is 11.7. The zero-order valence-corrected chi connectivity index (χ0v) is 13.8. The first-order valence-electron chi connectivity index (χ1n) is 7.01. The van der Waals surface area contributed by atoms with Crippen molar-refractivity contribution in [3.63, 3.8) is 0 Å². The second kappa shape index (κ2) is 10.2. The lowest BCUT2D eigenvalue weighted by molar-refractivity contribution is -0.142. The van der Waals surface area contributed by atoms with E-state index in [0.29, 0.717) is 5.57 Å². The lowest BCUT2D eigenvalue weighted by atomic mass is 10.2. The lowest BCUT2D eigenvalue weighted by Crippen LogP contribution is -2.41. The maximum atomic E-state index is 11.5. The van der Waals surface area contributed by atoms with Crippen molar-refractivity contribution in [1.29, 1.82) is 0 Å². The van der Waals surface area contributed by atoms with Gasteiger partial charge in [0, 0.05) is 0 Å². The van der Waals surface area contributed by atoms with Crippen LogP contribution in [0.2, 0.25) is 0 Å². The topological polar surface area (TPSA) is 93.7 Å². The van der Waals surface area contributed by atoms with E-state index in [4.69, 9.17) is 9.47 Å². The molecule has 0 aromatic carbocycles. The van der Waals surface area contributed by atoms with Gasteiger partial charge in [0.05, 0.1) is 0 Å². The number of ether oxygens (including phenoxy) is 2.